The molecule has 1 aromatic heterocycles. The van der Waals surface area contributed by atoms with Crippen LogP contribution in [0, 0.1) is 0 Å². The highest BCUT2D eigenvalue weighted by Crippen LogP contribution is 1.69. The van der Waals surface area contributed by atoms with Crippen LogP contribution in [0.3, 0.4) is 0 Å². The first-order valence-corrected chi connectivity index (χ1v) is 4.04. The first kappa shape index (κ1) is 10.0. The molecule has 0 radical (unpaired) electrons. The van der Waals surface area contributed by atoms with Crippen molar-refractivity contribution >= 4 is 12.2 Å². The highest BCUT2D eigenvalue weighted by Gasteiger charge is 1.81. The summed E-state index contributed by atoms with van der Waals surface area (Å²) in [5, 5.41) is 1.16. The Balaban J connectivity index is 0.000000461. The summed E-state index contributed by atoms with van der Waals surface area (Å²) in [6.45, 7) is 7.96. The Morgan fingerprint density at radius 3 is 2.18 bits per heavy atom. The summed E-state index contributed by atoms with van der Waals surface area (Å²) in [6.07, 6.45) is 5.68. The molecule has 11 heavy (non-hydrogen) atoms. The number of furan rings is 1. The highest BCUT2D eigenvalue weighted by atomic mass is 16.3. The lowest BCUT2D eigenvalue weighted by Crippen LogP contribution is -2.17. The molecule has 0 atom stereocenters. The van der Waals surface area contributed by atoms with Gasteiger partial charge in [-0.05, 0) is 26.0 Å². The normalized spacial score (nSPS) is 12.7. The lowest BCUT2D eigenvalue weighted by Gasteiger charge is -1.71. The second-order valence-electron chi connectivity index (χ2n) is 1.82. The summed E-state index contributed by atoms with van der Waals surface area (Å²) < 4.78 is 5.12. The molecule has 1 nitrogen and oxygen atoms in total. The van der Waals surface area contributed by atoms with E-state index in [9.17, 15) is 0 Å². The summed E-state index contributed by atoms with van der Waals surface area (Å²) >= 11 is 0. The van der Waals surface area contributed by atoms with Gasteiger partial charge in [0.2, 0.25) is 0 Å². The molecular weight excluding hydrogens is 136 g/mol. The quantitative estimate of drug-likeness (QED) is 0.553. The first-order chi connectivity index (χ1) is 5.38. The Labute approximate surface area is 68.0 Å². The second-order valence-corrected chi connectivity index (χ2v) is 1.82. The molecule has 0 unspecified atom stereocenters. The average molecular weight is 152 g/mol. The van der Waals surface area contributed by atoms with Crippen LogP contribution in [0.2, 0.25) is 0 Å². The van der Waals surface area contributed by atoms with Gasteiger partial charge in [-0.1, -0.05) is 19.9 Å². The van der Waals surface area contributed by atoms with Gasteiger partial charge < -0.3 is 4.42 Å². The Bertz CT molecular complexity index is 252. The Morgan fingerprint density at radius 2 is 1.82 bits per heavy atom. The molecular formula is C10H16O. The third kappa shape index (κ3) is 2.62. The second kappa shape index (κ2) is 5.78. The first-order valence-electron chi connectivity index (χ1n) is 4.04. The van der Waals surface area contributed by atoms with Gasteiger partial charge in [-0.2, -0.15) is 0 Å². The molecule has 0 N–H and O–H groups in total. The fourth-order valence-electron chi connectivity index (χ4n) is 0.804. The molecule has 0 spiro atoms. The molecule has 0 aromatic carbocycles. The average Bonchev–Trinajstić information content (AvgIpc) is 2.54. The van der Waals surface area contributed by atoms with Gasteiger partial charge in [-0.25, -0.2) is 0 Å². The predicted molar refractivity (Wildman–Crippen MR) is 49.6 cm³/mol. The molecule has 0 fully saturated rings. The zero-order chi connectivity index (χ0) is 8.69. The summed E-state index contributed by atoms with van der Waals surface area (Å²) in [4.78, 5) is 0. The SMILES string of the molecule is C/C=c1/cco/c1=C/C.CC. The zero-order valence-corrected chi connectivity index (χ0v) is 7.72. The molecule has 0 aliphatic rings. The van der Waals surface area contributed by atoms with E-state index in [1.807, 2.05) is 45.9 Å². The molecule has 1 heterocycles. The van der Waals surface area contributed by atoms with Crippen molar-refractivity contribution in [1.29, 1.82) is 0 Å². The molecule has 62 valence electrons. The van der Waals surface area contributed by atoms with E-state index < -0.39 is 0 Å². The van der Waals surface area contributed by atoms with Gasteiger partial charge in [-0.3, -0.25) is 0 Å². The molecule has 0 amide bonds. The molecule has 1 heteroatoms. The fourth-order valence-corrected chi connectivity index (χ4v) is 0.804. The van der Waals surface area contributed by atoms with Gasteiger partial charge in [0, 0.05) is 5.22 Å². The van der Waals surface area contributed by atoms with Crippen LogP contribution in [0.25, 0.3) is 12.2 Å². The van der Waals surface area contributed by atoms with Crippen LogP contribution in [-0.2, 0) is 0 Å². The Kier molecular flexibility index (Phi) is 5.26. The predicted octanol–water partition coefficient (Wildman–Crippen LogP) is 1.91. The third-order valence-electron chi connectivity index (χ3n) is 1.30. The number of hydrogen-bond acceptors (Lipinski definition) is 1. The molecule has 0 aliphatic heterocycles. The summed E-state index contributed by atoms with van der Waals surface area (Å²) in [5.74, 6) is 0. The maximum atomic E-state index is 5.12. The molecule has 1 aromatic rings. The van der Waals surface area contributed by atoms with Gasteiger partial charge in [0.1, 0.15) is 5.42 Å². The van der Waals surface area contributed by atoms with Crippen LogP contribution in [0.4, 0.5) is 0 Å². The summed E-state index contributed by atoms with van der Waals surface area (Å²) in [6, 6.07) is 1.95. The van der Waals surface area contributed by atoms with E-state index in [-0.39, 0.29) is 0 Å². The monoisotopic (exact) mass is 152 g/mol. The zero-order valence-electron chi connectivity index (χ0n) is 7.72. The van der Waals surface area contributed by atoms with Crippen molar-refractivity contribution in [3.05, 3.63) is 23.0 Å². The minimum Gasteiger partial charge on any atom is -0.465 e. The van der Waals surface area contributed by atoms with E-state index in [0.717, 1.165) is 10.6 Å². The van der Waals surface area contributed by atoms with Crippen molar-refractivity contribution in [2.24, 2.45) is 0 Å². The third-order valence-corrected chi connectivity index (χ3v) is 1.30. The van der Waals surface area contributed by atoms with Gasteiger partial charge in [0.15, 0.2) is 0 Å². The summed E-state index contributed by atoms with van der Waals surface area (Å²) in [7, 11) is 0. The maximum absolute atomic E-state index is 5.12. The van der Waals surface area contributed by atoms with E-state index in [0.29, 0.717) is 0 Å². The van der Waals surface area contributed by atoms with Crippen molar-refractivity contribution in [1.82, 2.24) is 0 Å². The van der Waals surface area contributed by atoms with Gasteiger partial charge in [0.05, 0.1) is 6.26 Å². The molecule has 0 aliphatic carbocycles. The number of rotatable bonds is 0. The van der Waals surface area contributed by atoms with Crippen molar-refractivity contribution < 1.29 is 4.42 Å². The molecule has 0 saturated carbocycles. The fraction of sp³-hybridized carbons (Fsp3) is 0.400. The highest BCUT2D eigenvalue weighted by molar-refractivity contribution is 5.23. The van der Waals surface area contributed by atoms with E-state index in [1.54, 1.807) is 6.26 Å². The maximum Gasteiger partial charge on any atom is 0.129 e. The van der Waals surface area contributed by atoms with Gasteiger partial charge in [-0.15, -0.1) is 0 Å². The van der Waals surface area contributed by atoms with Gasteiger partial charge >= 0.3 is 0 Å². The topological polar surface area (TPSA) is 13.1 Å². The Morgan fingerprint density at radius 1 is 1.18 bits per heavy atom. The Hall–Kier alpha value is -0.980. The van der Waals surface area contributed by atoms with Crippen LogP contribution in [0.5, 0.6) is 0 Å². The van der Waals surface area contributed by atoms with Crippen LogP contribution >= 0.6 is 0 Å². The molecule has 0 bridgehead atoms. The van der Waals surface area contributed by atoms with E-state index in [4.69, 9.17) is 4.42 Å². The van der Waals surface area contributed by atoms with Gasteiger partial charge in [0.25, 0.3) is 0 Å². The standard InChI is InChI=1S/C8H10O.C2H6/c1-3-7-5-6-9-8(7)4-2;1-2/h3-6H,1-2H3;1-2H3/b7-3-,8-4+;. The van der Waals surface area contributed by atoms with Crippen LogP contribution in [0.1, 0.15) is 27.7 Å². The minimum absolute atomic E-state index is 0.956. The number of hydrogen-bond donors (Lipinski definition) is 0. The largest absolute Gasteiger partial charge is 0.465 e. The van der Waals surface area contributed by atoms with Crippen molar-refractivity contribution in [2.75, 3.05) is 0 Å². The van der Waals surface area contributed by atoms with Crippen LogP contribution in [0.15, 0.2) is 16.7 Å². The lowest BCUT2D eigenvalue weighted by atomic mass is 10.4. The summed E-state index contributed by atoms with van der Waals surface area (Å²) in [5.41, 5.74) is 0.956. The lowest BCUT2D eigenvalue weighted by molar-refractivity contribution is 0.530. The van der Waals surface area contributed by atoms with Crippen molar-refractivity contribution in [2.45, 2.75) is 27.7 Å². The molecule has 1 rings (SSSR count). The van der Waals surface area contributed by atoms with E-state index >= 15 is 0 Å². The minimum atomic E-state index is 0.956. The van der Waals surface area contributed by atoms with Crippen molar-refractivity contribution in [3.8, 4) is 0 Å². The van der Waals surface area contributed by atoms with Crippen LogP contribution in [-0.4, -0.2) is 0 Å². The van der Waals surface area contributed by atoms with Crippen LogP contribution < -0.4 is 10.6 Å². The smallest absolute Gasteiger partial charge is 0.129 e. The van der Waals surface area contributed by atoms with E-state index in [1.165, 1.54) is 0 Å². The van der Waals surface area contributed by atoms with Crippen molar-refractivity contribution in [3.63, 3.8) is 0 Å². The van der Waals surface area contributed by atoms with E-state index in [2.05, 4.69) is 0 Å². The molecule has 0 saturated heterocycles.